The van der Waals surface area contributed by atoms with Crippen LogP contribution in [0.5, 0.6) is 0 Å². The summed E-state index contributed by atoms with van der Waals surface area (Å²) in [6.45, 7) is 0. The van der Waals surface area contributed by atoms with Gasteiger partial charge in [-0.25, -0.2) is 0 Å². The van der Waals surface area contributed by atoms with Crippen molar-refractivity contribution < 1.29 is 0 Å². The fourth-order valence-electron chi connectivity index (χ4n) is 1.25. The van der Waals surface area contributed by atoms with E-state index in [4.69, 9.17) is 0 Å². The number of aromatic nitrogens is 1. The molecule has 60 valence electrons. The molecule has 1 aromatic heterocycles. The highest BCUT2D eigenvalue weighted by Gasteiger charge is 2.01. The minimum absolute atomic E-state index is 0.954. The van der Waals surface area contributed by atoms with Crippen LogP contribution in [-0.2, 0) is 6.42 Å². The van der Waals surface area contributed by atoms with Crippen molar-refractivity contribution in [2.24, 2.45) is 4.99 Å². The molecule has 1 aromatic rings. The maximum absolute atomic E-state index is 4.25. The van der Waals surface area contributed by atoms with E-state index in [0.717, 1.165) is 12.8 Å². The molecule has 0 atom stereocenters. The van der Waals surface area contributed by atoms with E-state index in [-0.39, 0.29) is 0 Å². The van der Waals surface area contributed by atoms with Gasteiger partial charge in [0.15, 0.2) is 0 Å². The highest BCUT2D eigenvalue weighted by atomic mass is 14.7. The summed E-state index contributed by atoms with van der Waals surface area (Å²) in [6.07, 6.45) is 9.54. The predicted octanol–water partition coefficient (Wildman–Crippen LogP) is 1.98. The molecule has 0 N–H and O–H groups in total. The Hall–Kier alpha value is -1.44. The van der Waals surface area contributed by atoms with Gasteiger partial charge in [-0.3, -0.25) is 9.98 Å². The SMILES string of the molecule is C1=CN=C(Cc2ccncc2)C1. The number of hydrogen-bond acceptors (Lipinski definition) is 2. The van der Waals surface area contributed by atoms with Crippen molar-refractivity contribution in [2.45, 2.75) is 12.8 Å². The first-order valence-electron chi connectivity index (χ1n) is 4.04. The maximum atomic E-state index is 4.25. The van der Waals surface area contributed by atoms with E-state index in [0.29, 0.717) is 0 Å². The topological polar surface area (TPSA) is 25.2 Å². The lowest BCUT2D eigenvalue weighted by molar-refractivity contribution is 1.22. The molecule has 2 heteroatoms. The van der Waals surface area contributed by atoms with Crippen LogP contribution in [0.25, 0.3) is 0 Å². The smallest absolute Gasteiger partial charge is 0.0270 e. The Bertz CT molecular complexity index is 312. The van der Waals surface area contributed by atoms with Gasteiger partial charge in [0.1, 0.15) is 0 Å². The minimum Gasteiger partial charge on any atom is -0.265 e. The molecule has 2 heterocycles. The van der Waals surface area contributed by atoms with E-state index < -0.39 is 0 Å². The van der Waals surface area contributed by atoms with Gasteiger partial charge < -0.3 is 0 Å². The first-order valence-corrected chi connectivity index (χ1v) is 4.04. The Labute approximate surface area is 71.7 Å². The summed E-state index contributed by atoms with van der Waals surface area (Å²) in [5.74, 6) is 0. The Morgan fingerprint density at radius 2 is 2.08 bits per heavy atom. The van der Waals surface area contributed by atoms with Crippen LogP contribution in [0, 0.1) is 0 Å². The first-order chi connectivity index (χ1) is 5.95. The first kappa shape index (κ1) is 7.22. The zero-order valence-electron chi connectivity index (χ0n) is 6.77. The fraction of sp³-hybridized carbons (Fsp3) is 0.200. The molecule has 2 nitrogen and oxygen atoms in total. The standard InChI is InChI=1S/C10H10N2/c1-2-10(12-5-1)8-9-3-6-11-7-4-9/h1,3-7H,2,8H2. The maximum Gasteiger partial charge on any atom is 0.0270 e. The van der Waals surface area contributed by atoms with Gasteiger partial charge in [0.25, 0.3) is 0 Å². The molecule has 1 aliphatic heterocycles. The van der Waals surface area contributed by atoms with E-state index in [1.54, 1.807) is 0 Å². The quantitative estimate of drug-likeness (QED) is 0.646. The molecule has 0 unspecified atom stereocenters. The molecule has 1 aliphatic rings. The second-order valence-corrected chi connectivity index (χ2v) is 2.82. The van der Waals surface area contributed by atoms with Crippen molar-refractivity contribution in [1.82, 2.24) is 4.98 Å². The van der Waals surface area contributed by atoms with E-state index in [2.05, 4.69) is 16.1 Å². The van der Waals surface area contributed by atoms with Gasteiger partial charge in [0.05, 0.1) is 0 Å². The van der Waals surface area contributed by atoms with E-state index in [9.17, 15) is 0 Å². The molecular formula is C10H10N2. The molecule has 0 amide bonds. The van der Waals surface area contributed by atoms with Crippen LogP contribution >= 0.6 is 0 Å². The molecule has 0 aromatic carbocycles. The summed E-state index contributed by atoms with van der Waals surface area (Å²) in [5, 5.41) is 0. The number of rotatable bonds is 2. The van der Waals surface area contributed by atoms with Gasteiger partial charge in [-0.1, -0.05) is 6.08 Å². The molecule has 0 fully saturated rings. The Kier molecular flexibility index (Phi) is 1.99. The van der Waals surface area contributed by atoms with Crippen LogP contribution in [-0.4, -0.2) is 10.7 Å². The van der Waals surface area contributed by atoms with Crippen molar-refractivity contribution in [2.75, 3.05) is 0 Å². The summed E-state index contributed by atoms with van der Waals surface area (Å²) in [4.78, 5) is 8.21. The Morgan fingerprint density at radius 3 is 2.75 bits per heavy atom. The molecule has 2 rings (SSSR count). The minimum atomic E-state index is 0.954. The molecule has 0 saturated carbocycles. The van der Waals surface area contributed by atoms with E-state index >= 15 is 0 Å². The molecular weight excluding hydrogens is 148 g/mol. The van der Waals surface area contributed by atoms with Crippen molar-refractivity contribution in [3.05, 3.63) is 42.4 Å². The summed E-state index contributed by atoms with van der Waals surface area (Å²) in [5.41, 5.74) is 2.52. The lowest BCUT2D eigenvalue weighted by atomic mass is 10.1. The largest absolute Gasteiger partial charge is 0.265 e. The molecule has 0 aliphatic carbocycles. The number of allylic oxidation sites excluding steroid dienone is 1. The lowest BCUT2D eigenvalue weighted by Gasteiger charge is -1.98. The second-order valence-electron chi connectivity index (χ2n) is 2.82. The molecule has 0 spiro atoms. The number of hydrogen-bond donors (Lipinski definition) is 0. The van der Waals surface area contributed by atoms with Crippen LogP contribution in [0.2, 0.25) is 0 Å². The zero-order valence-corrected chi connectivity index (χ0v) is 6.77. The lowest BCUT2D eigenvalue weighted by Crippen LogP contribution is -1.98. The fourth-order valence-corrected chi connectivity index (χ4v) is 1.25. The third-order valence-electron chi connectivity index (χ3n) is 1.87. The Balaban J connectivity index is 2.05. The van der Waals surface area contributed by atoms with Gasteiger partial charge in [-0.2, -0.15) is 0 Å². The summed E-state index contributed by atoms with van der Waals surface area (Å²) in [7, 11) is 0. The summed E-state index contributed by atoms with van der Waals surface area (Å²) < 4.78 is 0. The van der Waals surface area contributed by atoms with Crippen molar-refractivity contribution >= 4 is 5.71 Å². The third kappa shape index (κ3) is 1.59. The van der Waals surface area contributed by atoms with Crippen LogP contribution in [0.4, 0.5) is 0 Å². The van der Waals surface area contributed by atoms with Crippen LogP contribution in [0.1, 0.15) is 12.0 Å². The predicted molar refractivity (Wildman–Crippen MR) is 49.1 cm³/mol. The summed E-state index contributed by atoms with van der Waals surface area (Å²) in [6, 6.07) is 4.06. The van der Waals surface area contributed by atoms with Gasteiger partial charge in [0, 0.05) is 37.1 Å². The number of aliphatic imine (C=N–C) groups is 1. The van der Waals surface area contributed by atoms with Crippen LogP contribution in [0.15, 0.2) is 41.8 Å². The van der Waals surface area contributed by atoms with Gasteiger partial charge in [0.2, 0.25) is 0 Å². The summed E-state index contributed by atoms with van der Waals surface area (Å²) >= 11 is 0. The van der Waals surface area contributed by atoms with E-state index in [1.807, 2.05) is 30.7 Å². The average molecular weight is 158 g/mol. The van der Waals surface area contributed by atoms with Gasteiger partial charge in [-0.05, 0) is 17.7 Å². The van der Waals surface area contributed by atoms with Crippen LogP contribution < -0.4 is 0 Å². The normalized spacial score (nSPS) is 14.8. The van der Waals surface area contributed by atoms with Crippen LogP contribution in [0.3, 0.4) is 0 Å². The zero-order chi connectivity index (χ0) is 8.23. The Morgan fingerprint density at radius 1 is 1.25 bits per heavy atom. The number of nitrogens with zero attached hydrogens (tertiary/aromatic N) is 2. The highest BCUT2D eigenvalue weighted by molar-refractivity contribution is 5.89. The van der Waals surface area contributed by atoms with Gasteiger partial charge in [-0.15, -0.1) is 0 Å². The number of pyridine rings is 1. The molecule has 0 radical (unpaired) electrons. The highest BCUT2D eigenvalue weighted by Crippen LogP contribution is 2.06. The molecule has 0 saturated heterocycles. The third-order valence-corrected chi connectivity index (χ3v) is 1.87. The second kappa shape index (κ2) is 3.30. The van der Waals surface area contributed by atoms with Gasteiger partial charge >= 0.3 is 0 Å². The molecule has 12 heavy (non-hydrogen) atoms. The van der Waals surface area contributed by atoms with E-state index in [1.165, 1.54) is 11.3 Å². The van der Waals surface area contributed by atoms with Crippen molar-refractivity contribution in [1.29, 1.82) is 0 Å². The van der Waals surface area contributed by atoms with Crippen molar-refractivity contribution in [3.63, 3.8) is 0 Å². The monoisotopic (exact) mass is 158 g/mol. The van der Waals surface area contributed by atoms with Crippen molar-refractivity contribution in [3.8, 4) is 0 Å². The average Bonchev–Trinajstić information content (AvgIpc) is 2.59. The molecule has 0 bridgehead atoms.